The zero-order valence-corrected chi connectivity index (χ0v) is 11.5. The van der Waals surface area contributed by atoms with Crippen LogP contribution in [0, 0.1) is 5.92 Å². The maximum Gasteiger partial charge on any atom is 0.323 e. The van der Waals surface area contributed by atoms with Crippen LogP contribution in [-0.4, -0.2) is 41.2 Å². The zero-order valence-electron chi connectivity index (χ0n) is 11.5. The molecular formula is C12H21N5O. The highest BCUT2D eigenvalue weighted by molar-refractivity contribution is 5.40. The van der Waals surface area contributed by atoms with E-state index < -0.39 is 0 Å². The summed E-state index contributed by atoms with van der Waals surface area (Å²) < 4.78 is 5.38. The molecule has 0 amide bonds. The van der Waals surface area contributed by atoms with Crippen molar-refractivity contribution in [2.75, 3.05) is 30.4 Å². The van der Waals surface area contributed by atoms with Gasteiger partial charge in [-0.2, -0.15) is 15.0 Å². The third kappa shape index (κ3) is 2.63. The first-order valence-electron chi connectivity index (χ1n) is 6.47. The van der Waals surface area contributed by atoms with Crippen molar-refractivity contribution < 1.29 is 4.74 Å². The highest BCUT2D eigenvalue weighted by atomic mass is 16.5. The van der Waals surface area contributed by atoms with Gasteiger partial charge in [0.1, 0.15) is 0 Å². The molecule has 2 heterocycles. The average molecular weight is 251 g/mol. The van der Waals surface area contributed by atoms with Gasteiger partial charge in [0.15, 0.2) is 0 Å². The first kappa shape index (κ1) is 12.9. The second-order valence-corrected chi connectivity index (χ2v) is 4.77. The van der Waals surface area contributed by atoms with Crippen LogP contribution in [0.3, 0.4) is 0 Å². The maximum atomic E-state index is 5.38. The van der Waals surface area contributed by atoms with Gasteiger partial charge >= 0.3 is 6.01 Å². The van der Waals surface area contributed by atoms with Crippen molar-refractivity contribution in [3.63, 3.8) is 0 Å². The van der Waals surface area contributed by atoms with Crippen LogP contribution in [0.5, 0.6) is 6.01 Å². The monoisotopic (exact) mass is 251 g/mol. The third-order valence-electron chi connectivity index (χ3n) is 3.14. The molecule has 1 aliphatic heterocycles. The number of hydrogen-bond acceptors (Lipinski definition) is 6. The molecule has 2 atom stereocenters. The summed E-state index contributed by atoms with van der Waals surface area (Å²) in [5, 5.41) is 2.95. The van der Waals surface area contributed by atoms with Crippen LogP contribution in [0.15, 0.2) is 0 Å². The lowest BCUT2D eigenvalue weighted by molar-refractivity contribution is 0.312. The van der Waals surface area contributed by atoms with Gasteiger partial charge < -0.3 is 15.0 Å². The van der Waals surface area contributed by atoms with Gasteiger partial charge in [-0.25, -0.2) is 0 Å². The number of ether oxygens (including phenoxy) is 1. The zero-order chi connectivity index (χ0) is 13.1. The topological polar surface area (TPSA) is 63.2 Å². The van der Waals surface area contributed by atoms with Crippen LogP contribution < -0.4 is 15.0 Å². The molecule has 6 heteroatoms. The van der Waals surface area contributed by atoms with Gasteiger partial charge in [0.25, 0.3) is 0 Å². The van der Waals surface area contributed by atoms with E-state index in [1.54, 1.807) is 7.05 Å². The molecule has 2 unspecified atom stereocenters. The summed E-state index contributed by atoms with van der Waals surface area (Å²) in [6.45, 7) is 7.91. The van der Waals surface area contributed by atoms with E-state index in [0.717, 1.165) is 6.54 Å². The predicted molar refractivity (Wildman–Crippen MR) is 71.1 cm³/mol. The Hall–Kier alpha value is -1.59. The Morgan fingerprint density at radius 1 is 1.33 bits per heavy atom. The molecule has 1 aliphatic rings. The summed E-state index contributed by atoms with van der Waals surface area (Å²) in [5.41, 5.74) is 0. The van der Waals surface area contributed by atoms with Gasteiger partial charge in [-0.15, -0.1) is 0 Å². The van der Waals surface area contributed by atoms with Crippen molar-refractivity contribution in [1.82, 2.24) is 15.0 Å². The van der Waals surface area contributed by atoms with Crippen molar-refractivity contribution in [3.05, 3.63) is 0 Å². The van der Waals surface area contributed by atoms with Gasteiger partial charge in [-0.1, -0.05) is 6.92 Å². The summed E-state index contributed by atoms with van der Waals surface area (Å²) in [6.07, 6.45) is 1.17. The highest BCUT2D eigenvalue weighted by Gasteiger charge is 2.28. The Balaban J connectivity index is 2.28. The van der Waals surface area contributed by atoms with E-state index in [-0.39, 0.29) is 0 Å². The smallest absolute Gasteiger partial charge is 0.323 e. The molecule has 1 N–H and O–H groups in total. The molecule has 0 aromatic carbocycles. The fourth-order valence-electron chi connectivity index (χ4n) is 2.36. The average Bonchev–Trinajstić information content (AvgIpc) is 2.68. The van der Waals surface area contributed by atoms with E-state index in [1.807, 2.05) is 6.92 Å². The van der Waals surface area contributed by atoms with Crippen LogP contribution in [-0.2, 0) is 0 Å². The minimum Gasteiger partial charge on any atom is -0.464 e. The first-order chi connectivity index (χ1) is 8.63. The van der Waals surface area contributed by atoms with Crippen LogP contribution in [0.1, 0.15) is 27.2 Å². The molecule has 0 aliphatic carbocycles. The molecule has 0 bridgehead atoms. The summed E-state index contributed by atoms with van der Waals surface area (Å²) >= 11 is 0. The molecule has 6 nitrogen and oxygen atoms in total. The number of aromatic nitrogens is 3. The highest BCUT2D eigenvalue weighted by Crippen LogP contribution is 2.27. The second-order valence-electron chi connectivity index (χ2n) is 4.77. The van der Waals surface area contributed by atoms with E-state index in [1.165, 1.54) is 6.42 Å². The molecule has 0 spiro atoms. The minimum absolute atomic E-state index is 0.388. The van der Waals surface area contributed by atoms with Gasteiger partial charge in [0, 0.05) is 19.6 Å². The van der Waals surface area contributed by atoms with Crippen molar-refractivity contribution >= 4 is 11.9 Å². The van der Waals surface area contributed by atoms with Crippen molar-refractivity contribution in [2.45, 2.75) is 33.2 Å². The SMILES string of the molecule is CCOc1nc(NC)nc(N2CC(C)CC2C)n1. The van der Waals surface area contributed by atoms with Crippen LogP contribution in [0.25, 0.3) is 0 Å². The largest absolute Gasteiger partial charge is 0.464 e. The Morgan fingerprint density at radius 3 is 2.67 bits per heavy atom. The van der Waals surface area contributed by atoms with Gasteiger partial charge in [0.05, 0.1) is 6.61 Å². The molecule has 1 aromatic rings. The number of anilines is 2. The van der Waals surface area contributed by atoms with Crippen molar-refractivity contribution in [1.29, 1.82) is 0 Å². The second kappa shape index (κ2) is 5.37. The lowest BCUT2D eigenvalue weighted by Gasteiger charge is -2.21. The molecule has 2 rings (SSSR count). The Bertz CT molecular complexity index is 411. The van der Waals surface area contributed by atoms with E-state index >= 15 is 0 Å². The summed E-state index contributed by atoms with van der Waals surface area (Å²) in [6, 6.07) is 0.847. The lowest BCUT2D eigenvalue weighted by Crippen LogP contribution is -2.29. The van der Waals surface area contributed by atoms with E-state index in [0.29, 0.717) is 36.5 Å². The van der Waals surface area contributed by atoms with Crippen molar-refractivity contribution in [3.8, 4) is 6.01 Å². The summed E-state index contributed by atoms with van der Waals surface area (Å²) in [7, 11) is 1.80. The number of hydrogen-bond donors (Lipinski definition) is 1. The molecule has 0 saturated carbocycles. The van der Waals surface area contributed by atoms with Crippen LogP contribution in [0.4, 0.5) is 11.9 Å². The first-order valence-corrected chi connectivity index (χ1v) is 6.47. The van der Waals surface area contributed by atoms with Gasteiger partial charge in [0.2, 0.25) is 11.9 Å². The molecule has 1 fully saturated rings. The van der Waals surface area contributed by atoms with E-state index in [2.05, 4.69) is 39.0 Å². The Kier molecular flexibility index (Phi) is 3.84. The summed E-state index contributed by atoms with van der Waals surface area (Å²) in [5.74, 6) is 1.93. The van der Waals surface area contributed by atoms with Crippen LogP contribution in [0.2, 0.25) is 0 Å². The predicted octanol–water partition coefficient (Wildman–Crippen LogP) is 1.55. The fourth-order valence-corrected chi connectivity index (χ4v) is 2.36. The van der Waals surface area contributed by atoms with Crippen molar-refractivity contribution in [2.24, 2.45) is 5.92 Å². The van der Waals surface area contributed by atoms with Gasteiger partial charge in [-0.3, -0.25) is 0 Å². The lowest BCUT2D eigenvalue weighted by atomic mass is 10.1. The Morgan fingerprint density at radius 2 is 2.11 bits per heavy atom. The Labute approximate surface area is 108 Å². The quantitative estimate of drug-likeness (QED) is 0.876. The fraction of sp³-hybridized carbons (Fsp3) is 0.750. The van der Waals surface area contributed by atoms with Crippen LogP contribution >= 0.6 is 0 Å². The normalized spacial score (nSPS) is 23.2. The van der Waals surface area contributed by atoms with E-state index in [4.69, 9.17) is 4.74 Å². The molecule has 18 heavy (non-hydrogen) atoms. The minimum atomic E-state index is 0.388. The summed E-state index contributed by atoms with van der Waals surface area (Å²) in [4.78, 5) is 15.2. The number of rotatable bonds is 4. The molecule has 1 saturated heterocycles. The van der Waals surface area contributed by atoms with E-state index in [9.17, 15) is 0 Å². The number of nitrogens with one attached hydrogen (secondary N) is 1. The molecule has 100 valence electrons. The number of nitrogens with zero attached hydrogens (tertiary/aromatic N) is 4. The standard InChI is InChI=1S/C12H21N5O/c1-5-18-12-15-10(13-4)14-11(16-12)17-7-8(2)6-9(17)3/h8-9H,5-7H2,1-4H3,(H,13,14,15,16). The molecule has 0 radical (unpaired) electrons. The molecule has 1 aromatic heterocycles. The third-order valence-corrected chi connectivity index (χ3v) is 3.14. The molecular weight excluding hydrogens is 230 g/mol. The maximum absolute atomic E-state index is 5.38. The van der Waals surface area contributed by atoms with Gasteiger partial charge in [-0.05, 0) is 26.2 Å².